The summed E-state index contributed by atoms with van der Waals surface area (Å²) < 4.78 is 1.74. The second-order valence-electron chi connectivity index (χ2n) is 4.88. The van der Waals surface area contributed by atoms with Crippen molar-refractivity contribution in [1.29, 1.82) is 0 Å². The van der Waals surface area contributed by atoms with Gasteiger partial charge in [0.1, 0.15) is 0 Å². The SMILES string of the molecule is Cn1cc(CN(CC(N)=O)Cc2ccc(N)cc2)cn1. The number of anilines is 1. The Kier molecular flexibility index (Phi) is 4.37. The summed E-state index contributed by atoms with van der Waals surface area (Å²) >= 11 is 0. The topological polar surface area (TPSA) is 90.2 Å². The molecule has 4 N–H and O–H groups in total. The molecule has 20 heavy (non-hydrogen) atoms. The number of hydrogen-bond donors (Lipinski definition) is 2. The average molecular weight is 273 g/mol. The summed E-state index contributed by atoms with van der Waals surface area (Å²) in [6.45, 7) is 1.47. The van der Waals surface area contributed by atoms with E-state index >= 15 is 0 Å². The van der Waals surface area contributed by atoms with E-state index in [4.69, 9.17) is 11.5 Å². The molecule has 0 aliphatic heterocycles. The number of nitrogens with zero attached hydrogens (tertiary/aromatic N) is 3. The molecular weight excluding hydrogens is 254 g/mol. The van der Waals surface area contributed by atoms with E-state index in [-0.39, 0.29) is 12.5 Å². The normalized spacial score (nSPS) is 10.9. The van der Waals surface area contributed by atoms with E-state index in [0.717, 1.165) is 16.8 Å². The number of nitrogen functional groups attached to an aromatic ring is 1. The Hall–Kier alpha value is -2.34. The molecule has 0 fully saturated rings. The molecular formula is C14H19N5O. The van der Waals surface area contributed by atoms with Crippen molar-refractivity contribution in [2.45, 2.75) is 13.1 Å². The maximum absolute atomic E-state index is 11.2. The molecule has 6 nitrogen and oxygen atoms in total. The summed E-state index contributed by atoms with van der Waals surface area (Å²) in [4.78, 5) is 13.2. The van der Waals surface area contributed by atoms with Crippen LogP contribution in [0.3, 0.4) is 0 Å². The highest BCUT2D eigenvalue weighted by Crippen LogP contribution is 2.11. The Labute approximate surface area is 118 Å². The van der Waals surface area contributed by atoms with Crippen LogP contribution >= 0.6 is 0 Å². The predicted octanol–water partition coefficient (Wildman–Crippen LogP) is 0.490. The van der Waals surface area contributed by atoms with Crippen LogP contribution in [-0.2, 0) is 24.9 Å². The number of nitrogens with two attached hydrogens (primary N) is 2. The van der Waals surface area contributed by atoms with Gasteiger partial charge in [0, 0.05) is 37.6 Å². The first-order valence-corrected chi connectivity index (χ1v) is 6.35. The molecule has 0 saturated carbocycles. The molecule has 1 aromatic heterocycles. The number of aryl methyl sites for hydroxylation is 1. The van der Waals surface area contributed by atoms with Gasteiger partial charge in [-0.25, -0.2) is 0 Å². The van der Waals surface area contributed by atoms with Gasteiger partial charge in [-0.3, -0.25) is 14.4 Å². The lowest BCUT2D eigenvalue weighted by molar-refractivity contribution is -0.119. The summed E-state index contributed by atoms with van der Waals surface area (Å²) in [6.07, 6.45) is 3.72. The van der Waals surface area contributed by atoms with Gasteiger partial charge in [0.15, 0.2) is 0 Å². The maximum atomic E-state index is 11.2. The predicted molar refractivity (Wildman–Crippen MR) is 77.4 cm³/mol. The Morgan fingerprint density at radius 3 is 2.45 bits per heavy atom. The zero-order valence-corrected chi connectivity index (χ0v) is 11.5. The van der Waals surface area contributed by atoms with Crippen LogP contribution in [-0.4, -0.2) is 27.1 Å². The van der Waals surface area contributed by atoms with Crippen molar-refractivity contribution in [1.82, 2.24) is 14.7 Å². The molecule has 0 bridgehead atoms. The molecule has 0 aliphatic carbocycles. The van der Waals surface area contributed by atoms with Crippen LogP contribution in [0.25, 0.3) is 0 Å². The molecule has 1 amide bonds. The van der Waals surface area contributed by atoms with Gasteiger partial charge in [-0.1, -0.05) is 12.1 Å². The minimum Gasteiger partial charge on any atom is -0.399 e. The molecule has 0 unspecified atom stereocenters. The molecule has 2 rings (SSSR count). The highest BCUT2D eigenvalue weighted by Gasteiger charge is 2.11. The van der Waals surface area contributed by atoms with Crippen LogP contribution in [0.5, 0.6) is 0 Å². The maximum Gasteiger partial charge on any atom is 0.231 e. The van der Waals surface area contributed by atoms with Crippen molar-refractivity contribution < 1.29 is 4.79 Å². The third-order valence-electron chi connectivity index (χ3n) is 2.93. The minimum atomic E-state index is -0.343. The Bertz CT molecular complexity index is 576. The standard InChI is InChI=1S/C14H19N5O/c1-18-7-12(6-17-18)9-19(10-14(16)20)8-11-2-4-13(15)5-3-11/h2-7H,8-10,15H2,1H3,(H2,16,20). The summed E-state index contributed by atoms with van der Waals surface area (Å²) in [5, 5.41) is 4.12. The number of carbonyl (C=O) groups excluding carboxylic acids is 1. The van der Waals surface area contributed by atoms with Crippen LogP contribution in [0.15, 0.2) is 36.7 Å². The fourth-order valence-corrected chi connectivity index (χ4v) is 2.08. The van der Waals surface area contributed by atoms with E-state index in [1.165, 1.54) is 0 Å². The van der Waals surface area contributed by atoms with Crippen LogP contribution in [0.2, 0.25) is 0 Å². The van der Waals surface area contributed by atoms with Crippen LogP contribution < -0.4 is 11.5 Å². The first-order valence-electron chi connectivity index (χ1n) is 6.35. The van der Waals surface area contributed by atoms with Crippen LogP contribution in [0, 0.1) is 0 Å². The lowest BCUT2D eigenvalue weighted by Crippen LogP contribution is -2.32. The molecule has 0 aliphatic rings. The largest absolute Gasteiger partial charge is 0.399 e. The molecule has 0 saturated heterocycles. The zero-order chi connectivity index (χ0) is 14.5. The molecule has 2 aromatic rings. The Morgan fingerprint density at radius 2 is 1.90 bits per heavy atom. The van der Waals surface area contributed by atoms with Gasteiger partial charge in [0.2, 0.25) is 5.91 Å². The quantitative estimate of drug-likeness (QED) is 0.749. The smallest absolute Gasteiger partial charge is 0.231 e. The fraction of sp³-hybridized carbons (Fsp3) is 0.286. The lowest BCUT2D eigenvalue weighted by Gasteiger charge is -2.20. The Balaban J connectivity index is 2.06. The number of primary amides is 1. The first kappa shape index (κ1) is 14.1. The third-order valence-corrected chi connectivity index (χ3v) is 2.93. The summed E-state index contributed by atoms with van der Waals surface area (Å²) in [7, 11) is 1.86. The number of rotatable bonds is 6. The van der Waals surface area contributed by atoms with Crippen molar-refractivity contribution in [2.24, 2.45) is 12.8 Å². The van der Waals surface area contributed by atoms with E-state index in [0.29, 0.717) is 13.1 Å². The summed E-state index contributed by atoms with van der Waals surface area (Å²) in [5.74, 6) is -0.343. The molecule has 106 valence electrons. The molecule has 1 heterocycles. The second kappa shape index (κ2) is 6.21. The molecule has 0 spiro atoms. The van der Waals surface area contributed by atoms with E-state index < -0.39 is 0 Å². The number of benzene rings is 1. The van der Waals surface area contributed by atoms with E-state index in [1.54, 1.807) is 10.9 Å². The number of amides is 1. The van der Waals surface area contributed by atoms with Crippen molar-refractivity contribution in [3.8, 4) is 0 Å². The number of aromatic nitrogens is 2. The summed E-state index contributed by atoms with van der Waals surface area (Å²) in [5.41, 5.74) is 13.8. The van der Waals surface area contributed by atoms with Crippen LogP contribution in [0.1, 0.15) is 11.1 Å². The van der Waals surface area contributed by atoms with E-state index in [9.17, 15) is 4.79 Å². The van der Waals surface area contributed by atoms with Crippen molar-refractivity contribution in [3.05, 3.63) is 47.8 Å². The Morgan fingerprint density at radius 1 is 1.25 bits per heavy atom. The van der Waals surface area contributed by atoms with Gasteiger partial charge in [-0.05, 0) is 17.7 Å². The van der Waals surface area contributed by atoms with Crippen molar-refractivity contribution >= 4 is 11.6 Å². The molecule has 6 heteroatoms. The molecule has 0 atom stereocenters. The monoisotopic (exact) mass is 273 g/mol. The zero-order valence-electron chi connectivity index (χ0n) is 11.5. The molecule has 1 aromatic carbocycles. The third kappa shape index (κ3) is 4.10. The fourth-order valence-electron chi connectivity index (χ4n) is 2.08. The molecule has 0 radical (unpaired) electrons. The van der Waals surface area contributed by atoms with E-state index in [2.05, 4.69) is 5.10 Å². The van der Waals surface area contributed by atoms with Gasteiger partial charge in [-0.2, -0.15) is 5.10 Å². The summed E-state index contributed by atoms with van der Waals surface area (Å²) in [6, 6.07) is 7.60. The number of hydrogen-bond acceptors (Lipinski definition) is 4. The number of carbonyl (C=O) groups is 1. The average Bonchev–Trinajstić information content (AvgIpc) is 2.77. The second-order valence-corrected chi connectivity index (χ2v) is 4.88. The van der Waals surface area contributed by atoms with Gasteiger partial charge in [-0.15, -0.1) is 0 Å². The van der Waals surface area contributed by atoms with Gasteiger partial charge in [0.05, 0.1) is 12.7 Å². The highest BCUT2D eigenvalue weighted by atomic mass is 16.1. The van der Waals surface area contributed by atoms with Gasteiger partial charge >= 0.3 is 0 Å². The first-order chi connectivity index (χ1) is 9.52. The lowest BCUT2D eigenvalue weighted by atomic mass is 10.2. The van der Waals surface area contributed by atoms with Gasteiger partial charge in [0.25, 0.3) is 0 Å². The van der Waals surface area contributed by atoms with Gasteiger partial charge < -0.3 is 11.5 Å². The van der Waals surface area contributed by atoms with Crippen molar-refractivity contribution in [2.75, 3.05) is 12.3 Å². The van der Waals surface area contributed by atoms with Crippen molar-refractivity contribution in [3.63, 3.8) is 0 Å². The van der Waals surface area contributed by atoms with E-state index in [1.807, 2.05) is 42.4 Å². The van der Waals surface area contributed by atoms with Crippen LogP contribution in [0.4, 0.5) is 5.69 Å². The highest BCUT2D eigenvalue weighted by molar-refractivity contribution is 5.75. The minimum absolute atomic E-state index is 0.208.